The Morgan fingerprint density at radius 2 is 1.86 bits per heavy atom. The first-order valence-corrected chi connectivity index (χ1v) is 10.6. The Labute approximate surface area is 176 Å². The number of esters is 1. The van der Waals surface area contributed by atoms with E-state index in [1.807, 2.05) is 0 Å². The average molecular weight is 461 g/mol. The summed E-state index contributed by atoms with van der Waals surface area (Å²) in [6, 6.07) is 7.14. The quantitative estimate of drug-likeness (QED) is 0.616. The van der Waals surface area contributed by atoms with Crippen LogP contribution in [0.4, 0.5) is 10.1 Å². The number of carbonyl (C=O) groups excluding carboxylic acids is 2. The zero-order valence-electron chi connectivity index (χ0n) is 14.7. The number of hydrogen-bond acceptors (Lipinski definition) is 5. The van der Waals surface area contributed by atoms with Gasteiger partial charge >= 0.3 is 5.97 Å². The van der Waals surface area contributed by atoms with Gasteiger partial charge in [-0.25, -0.2) is 22.3 Å². The molecule has 7 nitrogen and oxygen atoms in total. The minimum Gasteiger partial charge on any atom is -0.452 e. The molecule has 1 amide bonds. The number of nitrogens with one attached hydrogen (secondary N) is 2. The first kappa shape index (κ1) is 21.5. The molecule has 0 saturated heterocycles. The van der Waals surface area contributed by atoms with Crippen molar-refractivity contribution in [2.45, 2.75) is 23.8 Å². The molecule has 0 unspecified atom stereocenters. The molecule has 3 rings (SSSR count). The van der Waals surface area contributed by atoms with E-state index in [9.17, 15) is 22.4 Å². The maximum atomic E-state index is 13.1. The van der Waals surface area contributed by atoms with E-state index in [1.165, 1.54) is 18.2 Å². The fourth-order valence-electron chi connectivity index (χ4n) is 2.35. The molecule has 1 aliphatic carbocycles. The van der Waals surface area contributed by atoms with E-state index in [0.29, 0.717) is 0 Å². The van der Waals surface area contributed by atoms with Gasteiger partial charge < -0.3 is 10.1 Å². The number of ether oxygens (including phenoxy) is 1. The zero-order chi connectivity index (χ0) is 21.2. The maximum Gasteiger partial charge on any atom is 0.340 e. The van der Waals surface area contributed by atoms with Crippen molar-refractivity contribution in [2.75, 3.05) is 11.9 Å². The summed E-state index contributed by atoms with van der Waals surface area (Å²) in [7, 11) is -3.94. The Morgan fingerprint density at radius 1 is 1.14 bits per heavy atom. The fraction of sp³-hybridized carbons (Fsp3) is 0.222. The van der Waals surface area contributed by atoms with Crippen LogP contribution in [0.25, 0.3) is 0 Å². The Hall–Kier alpha value is -2.20. The highest BCUT2D eigenvalue weighted by Crippen LogP contribution is 2.31. The van der Waals surface area contributed by atoms with Crippen LogP contribution < -0.4 is 10.0 Å². The van der Waals surface area contributed by atoms with E-state index in [2.05, 4.69) is 10.0 Å². The molecule has 1 saturated carbocycles. The highest BCUT2D eigenvalue weighted by molar-refractivity contribution is 7.89. The number of hydrogen-bond donors (Lipinski definition) is 2. The Morgan fingerprint density at radius 3 is 2.52 bits per heavy atom. The van der Waals surface area contributed by atoms with Crippen LogP contribution in [-0.4, -0.2) is 32.9 Å². The lowest BCUT2D eigenvalue weighted by molar-refractivity contribution is -0.119. The summed E-state index contributed by atoms with van der Waals surface area (Å²) in [5, 5.41) is 2.08. The topological polar surface area (TPSA) is 102 Å². The van der Waals surface area contributed by atoms with Gasteiger partial charge in [0.25, 0.3) is 5.91 Å². The van der Waals surface area contributed by atoms with Gasteiger partial charge in [0.2, 0.25) is 10.0 Å². The van der Waals surface area contributed by atoms with Crippen LogP contribution in [-0.2, 0) is 19.6 Å². The predicted molar refractivity (Wildman–Crippen MR) is 105 cm³/mol. The SMILES string of the molecule is O=C(COC(=O)c1cc(S(=O)(=O)NC2CC2)c(Cl)cc1Cl)Nc1cccc(F)c1. The second-order valence-electron chi connectivity index (χ2n) is 6.29. The molecule has 1 fully saturated rings. The second kappa shape index (κ2) is 8.66. The number of anilines is 1. The Bertz CT molecular complexity index is 1070. The molecule has 2 aromatic rings. The van der Waals surface area contributed by atoms with Crippen molar-refractivity contribution in [1.29, 1.82) is 0 Å². The van der Waals surface area contributed by atoms with E-state index in [-0.39, 0.29) is 32.2 Å². The normalized spacial score (nSPS) is 13.8. The second-order valence-corrected chi connectivity index (χ2v) is 8.79. The van der Waals surface area contributed by atoms with Crippen LogP contribution >= 0.6 is 23.2 Å². The molecule has 0 heterocycles. The summed E-state index contributed by atoms with van der Waals surface area (Å²) in [5.41, 5.74) is -0.0686. The van der Waals surface area contributed by atoms with Crippen molar-refractivity contribution >= 4 is 50.8 Å². The predicted octanol–water partition coefficient (Wildman–Crippen LogP) is 3.37. The molecule has 11 heteroatoms. The van der Waals surface area contributed by atoms with Crippen LogP contribution in [0.5, 0.6) is 0 Å². The van der Waals surface area contributed by atoms with Gasteiger partial charge in [0, 0.05) is 11.7 Å². The number of amides is 1. The summed E-state index contributed by atoms with van der Waals surface area (Å²) in [6.07, 6.45) is 1.44. The van der Waals surface area contributed by atoms with E-state index in [0.717, 1.165) is 31.0 Å². The first-order chi connectivity index (χ1) is 13.7. The summed E-state index contributed by atoms with van der Waals surface area (Å²) in [4.78, 5) is 23.9. The van der Waals surface area contributed by atoms with Crippen LogP contribution in [0.3, 0.4) is 0 Å². The summed E-state index contributed by atoms with van der Waals surface area (Å²) in [5.74, 6) is -2.26. The lowest BCUT2D eigenvalue weighted by Gasteiger charge is -2.11. The minimum absolute atomic E-state index is 0.129. The molecule has 1 aliphatic rings. The van der Waals surface area contributed by atoms with Crippen molar-refractivity contribution in [3.05, 3.63) is 57.8 Å². The van der Waals surface area contributed by atoms with Crippen LogP contribution in [0.15, 0.2) is 41.3 Å². The molecule has 29 heavy (non-hydrogen) atoms. The summed E-state index contributed by atoms with van der Waals surface area (Å²) in [6.45, 7) is -0.684. The van der Waals surface area contributed by atoms with Gasteiger partial charge in [-0.1, -0.05) is 29.3 Å². The molecule has 2 N–H and O–H groups in total. The number of sulfonamides is 1. The third-order valence-electron chi connectivity index (χ3n) is 3.87. The molecule has 0 aliphatic heterocycles. The van der Waals surface area contributed by atoms with Gasteiger partial charge in [0.1, 0.15) is 10.7 Å². The third-order valence-corrected chi connectivity index (χ3v) is 6.17. The van der Waals surface area contributed by atoms with Crippen molar-refractivity contribution in [3.63, 3.8) is 0 Å². The highest BCUT2D eigenvalue weighted by atomic mass is 35.5. The van der Waals surface area contributed by atoms with Crippen molar-refractivity contribution in [2.24, 2.45) is 0 Å². The standard InChI is InChI=1S/C18H15Cl2FN2O5S/c19-14-8-15(20)16(29(26,27)23-11-4-5-11)7-13(14)18(25)28-9-17(24)22-12-3-1-2-10(21)6-12/h1-3,6-8,11,23H,4-5,9H2,(H,22,24). The third kappa shape index (κ3) is 5.66. The molecule has 0 radical (unpaired) electrons. The molecule has 0 bridgehead atoms. The van der Waals surface area contributed by atoms with Gasteiger partial charge in [-0.2, -0.15) is 0 Å². The maximum absolute atomic E-state index is 13.1. The Balaban J connectivity index is 1.70. The van der Waals surface area contributed by atoms with E-state index >= 15 is 0 Å². The van der Waals surface area contributed by atoms with Crippen molar-refractivity contribution in [1.82, 2.24) is 4.72 Å². The molecular formula is C18H15Cl2FN2O5S. The lowest BCUT2D eigenvalue weighted by Crippen LogP contribution is -2.26. The number of rotatable bonds is 7. The fourth-order valence-corrected chi connectivity index (χ4v) is 4.50. The molecule has 2 aromatic carbocycles. The number of halogens is 3. The molecule has 0 atom stereocenters. The monoisotopic (exact) mass is 460 g/mol. The minimum atomic E-state index is -3.94. The first-order valence-electron chi connectivity index (χ1n) is 8.39. The number of benzene rings is 2. The lowest BCUT2D eigenvalue weighted by atomic mass is 10.2. The number of carbonyl (C=O) groups is 2. The van der Waals surface area contributed by atoms with Gasteiger partial charge in [-0.15, -0.1) is 0 Å². The highest BCUT2D eigenvalue weighted by Gasteiger charge is 2.30. The van der Waals surface area contributed by atoms with Gasteiger partial charge in [-0.3, -0.25) is 4.79 Å². The summed E-state index contributed by atoms with van der Waals surface area (Å²) < 4.78 is 45.3. The van der Waals surface area contributed by atoms with Gasteiger partial charge in [0.05, 0.1) is 15.6 Å². The van der Waals surface area contributed by atoms with Crippen LogP contribution in [0.2, 0.25) is 10.0 Å². The van der Waals surface area contributed by atoms with Gasteiger partial charge in [0.15, 0.2) is 6.61 Å². The van der Waals surface area contributed by atoms with E-state index in [4.69, 9.17) is 27.9 Å². The molecular weight excluding hydrogens is 446 g/mol. The van der Waals surface area contributed by atoms with E-state index < -0.39 is 34.3 Å². The molecule has 0 spiro atoms. The Kier molecular flexibility index (Phi) is 6.42. The van der Waals surface area contributed by atoms with Gasteiger partial charge in [-0.05, 0) is 43.2 Å². The average Bonchev–Trinajstić information content (AvgIpc) is 3.42. The van der Waals surface area contributed by atoms with Crippen LogP contribution in [0.1, 0.15) is 23.2 Å². The van der Waals surface area contributed by atoms with Crippen molar-refractivity contribution in [3.8, 4) is 0 Å². The van der Waals surface area contributed by atoms with Crippen LogP contribution in [0, 0.1) is 5.82 Å². The smallest absolute Gasteiger partial charge is 0.340 e. The molecule has 0 aromatic heterocycles. The summed E-state index contributed by atoms with van der Waals surface area (Å²) >= 11 is 12.0. The van der Waals surface area contributed by atoms with E-state index in [1.54, 1.807) is 0 Å². The molecule has 154 valence electrons. The van der Waals surface area contributed by atoms with Crippen molar-refractivity contribution < 1.29 is 27.1 Å². The largest absolute Gasteiger partial charge is 0.452 e. The zero-order valence-corrected chi connectivity index (χ0v) is 17.1.